The highest BCUT2D eigenvalue weighted by Crippen LogP contribution is 2.11. The first-order chi connectivity index (χ1) is 31.9. The number of nitrogens with zero attached hydrogens (tertiary/aromatic N) is 1. The molecular weight excluding hydrogens is 901 g/mol. The van der Waals surface area contributed by atoms with Gasteiger partial charge in [-0.1, -0.05) is 44.2 Å². The Morgan fingerprint density at radius 3 is 1.66 bits per heavy atom. The van der Waals surface area contributed by atoms with E-state index >= 15 is 0 Å². The smallest absolute Gasteiger partial charge is 0.305 e. The Kier molecular flexibility index (Phi) is 26.0. The molecule has 0 spiro atoms. The van der Waals surface area contributed by atoms with E-state index in [0.29, 0.717) is 5.56 Å². The lowest BCUT2D eigenvalue weighted by Gasteiger charge is -2.29. The molecule has 1 rings (SSSR count). The van der Waals surface area contributed by atoms with E-state index < -0.39 is 152 Å². The number of aliphatic imine (C=N–C) groups is 1. The molecule has 0 fully saturated rings. The average Bonchev–Trinajstić information content (AvgIpc) is 3.26. The zero-order valence-electron chi connectivity index (χ0n) is 37.8. The number of guanidine groups is 1. The molecule has 1 aromatic rings. The fraction of sp³-hybridized carbons (Fsp3) is 0.561. The molecule has 0 unspecified atom stereocenters. The van der Waals surface area contributed by atoms with Gasteiger partial charge in [-0.15, -0.1) is 0 Å². The van der Waals surface area contributed by atoms with Gasteiger partial charge < -0.3 is 85.4 Å². The summed E-state index contributed by atoms with van der Waals surface area (Å²) in [5.41, 5.74) is 22.5. The van der Waals surface area contributed by atoms with Crippen LogP contribution in [0.25, 0.3) is 0 Å². The summed E-state index contributed by atoms with van der Waals surface area (Å²) in [6, 6.07) is -4.25. The highest BCUT2D eigenvalue weighted by molar-refractivity contribution is 5.98. The summed E-state index contributed by atoms with van der Waals surface area (Å²) in [4.78, 5) is 144. The maximum Gasteiger partial charge on any atom is 0.305 e. The van der Waals surface area contributed by atoms with Gasteiger partial charge in [-0.05, 0) is 44.1 Å². The van der Waals surface area contributed by atoms with Gasteiger partial charge in [0.2, 0.25) is 47.3 Å². The summed E-state index contributed by atoms with van der Waals surface area (Å²) in [6.45, 7) is 3.17. The molecule has 27 nitrogen and oxygen atoms in total. The Labute approximate surface area is 390 Å². The minimum Gasteiger partial charge on any atom is -0.481 e. The van der Waals surface area contributed by atoms with E-state index in [1.807, 2.05) is 0 Å². The number of benzene rings is 1. The standard InChI is InChI=1S/C41H64N12O15/c1-20(2)32(52-40(68)33(21(3)56)53-34(62)24(42)11-14-30(58)59)39(67)49-25(10-7-15-46-41(44)45)35(63)50-27(16-22-8-5-4-6-9-22)37(65)48-26(12-13-29(43)57)36(64)51-28(19-55)38(66)47-23(18-54)17-31(60)61/h4-6,8-9,18,20-21,23-28,32-33,55-56H,7,10-17,19,42H2,1-3H3,(H2,43,57)(H,47,66)(H,48,65)(H,49,67)(H,50,63)(H,51,64)(H,52,68)(H,53,62)(H,58,59)(H,60,61)(H4,44,45,46)/t21-,23+,24+,25+,26+,27+,28+,32+,33+/m1/s1. The number of carboxylic acids is 2. The second-order valence-electron chi connectivity index (χ2n) is 15.9. The minimum absolute atomic E-state index is 0.0243. The first kappa shape index (κ1) is 58.8. The van der Waals surface area contributed by atoms with E-state index in [-0.39, 0.29) is 44.5 Å². The Hall–Kier alpha value is -7.26. The van der Waals surface area contributed by atoms with E-state index in [2.05, 4.69) is 42.2 Å². The van der Waals surface area contributed by atoms with Crippen LogP contribution in [0.3, 0.4) is 0 Å². The summed E-state index contributed by atoms with van der Waals surface area (Å²) in [5.74, 6) is -11.7. The quantitative estimate of drug-likeness (QED) is 0.0138. The summed E-state index contributed by atoms with van der Waals surface area (Å²) in [6.07, 6.45) is -4.24. The van der Waals surface area contributed by atoms with Crippen LogP contribution in [-0.2, 0) is 59.2 Å². The number of primary amides is 1. The maximum absolute atomic E-state index is 14.2. The minimum atomic E-state index is -1.78. The van der Waals surface area contributed by atoms with Crippen LogP contribution in [0.4, 0.5) is 0 Å². The molecule has 8 amide bonds. The molecule has 378 valence electrons. The van der Waals surface area contributed by atoms with Crippen molar-refractivity contribution in [2.75, 3.05) is 13.2 Å². The molecule has 0 aliphatic rings. The van der Waals surface area contributed by atoms with Gasteiger partial charge in [0.25, 0.3) is 0 Å². The number of hydrogen-bond donors (Lipinski definition) is 15. The lowest BCUT2D eigenvalue weighted by molar-refractivity contribution is -0.139. The SMILES string of the molecule is CC(C)[C@H](NC(=O)[C@@H](NC(=O)[C@@H](N)CCC(=O)O)[C@@H](C)O)C(=O)N[C@@H](CCCN=C(N)N)C(=O)N[C@@H](Cc1ccccc1)C(=O)N[C@@H](CCC(N)=O)C(=O)N[C@@H](CO)C(=O)N[C@H](C=O)CC(=O)O. The molecule has 0 radical (unpaired) electrons. The number of aliphatic hydroxyl groups is 2. The number of hydrogen-bond acceptors (Lipinski definition) is 15. The summed E-state index contributed by atoms with van der Waals surface area (Å²) in [5, 5.41) is 54.7. The van der Waals surface area contributed by atoms with Gasteiger partial charge in [-0.2, -0.15) is 0 Å². The fourth-order valence-electron chi connectivity index (χ4n) is 6.12. The van der Waals surface area contributed by atoms with E-state index in [4.69, 9.17) is 33.1 Å². The van der Waals surface area contributed by atoms with Gasteiger partial charge in [0.05, 0.1) is 31.2 Å². The lowest BCUT2D eigenvalue weighted by Crippen LogP contribution is -2.62. The molecule has 0 aromatic heterocycles. The molecule has 0 aliphatic heterocycles. The fourth-order valence-corrected chi connectivity index (χ4v) is 6.12. The number of nitrogens with two attached hydrogens (primary N) is 4. The van der Waals surface area contributed by atoms with Crippen LogP contribution in [0.1, 0.15) is 71.3 Å². The van der Waals surface area contributed by atoms with Crippen LogP contribution >= 0.6 is 0 Å². The second-order valence-corrected chi connectivity index (χ2v) is 15.9. The van der Waals surface area contributed by atoms with Crippen molar-refractivity contribution in [3.05, 3.63) is 35.9 Å². The van der Waals surface area contributed by atoms with Crippen LogP contribution in [0, 0.1) is 5.92 Å². The molecule has 0 aliphatic carbocycles. The topological polar surface area (TPSA) is 469 Å². The Morgan fingerprint density at radius 2 is 1.15 bits per heavy atom. The molecule has 68 heavy (non-hydrogen) atoms. The van der Waals surface area contributed by atoms with Crippen LogP contribution in [0.5, 0.6) is 0 Å². The first-order valence-electron chi connectivity index (χ1n) is 21.3. The molecule has 19 N–H and O–H groups in total. The number of carboxylic acid groups (broad SMARTS) is 2. The summed E-state index contributed by atoms with van der Waals surface area (Å²) < 4.78 is 0. The molecule has 0 bridgehead atoms. The highest BCUT2D eigenvalue weighted by Gasteiger charge is 2.36. The van der Waals surface area contributed by atoms with Crippen molar-refractivity contribution >= 4 is 71.4 Å². The van der Waals surface area contributed by atoms with Crippen LogP contribution in [0.15, 0.2) is 35.3 Å². The van der Waals surface area contributed by atoms with Gasteiger partial charge in [-0.25, -0.2) is 0 Å². The molecule has 1 aromatic carbocycles. The monoisotopic (exact) mass is 964 g/mol. The maximum atomic E-state index is 14.2. The van der Waals surface area contributed by atoms with E-state index in [0.717, 1.165) is 0 Å². The summed E-state index contributed by atoms with van der Waals surface area (Å²) in [7, 11) is 0. The predicted octanol–water partition coefficient (Wildman–Crippen LogP) is -6.16. The number of aliphatic hydroxyl groups excluding tert-OH is 2. The zero-order chi connectivity index (χ0) is 51.7. The number of carbonyl (C=O) groups is 11. The van der Waals surface area contributed by atoms with Gasteiger partial charge in [0.15, 0.2) is 5.96 Å². The van der Waals surface area contributed by atoms with Gasteiger partial charge in [0, 0.05) is 25.8 Å². The Bertz CT molecular complexity index is 1950. The normalized spacial score (nSPS) is 14.9. The zero-order valence-corrected chi connectivity index (χ0v) is 37.8. The van der Waals surface area contributed by atoms with E-state index in [9.17, 15) is 63.0 Å². The molecule has 0 saturated carbocycles. The third-order valence-electron chi connectivity index (χ3n) is 9.82. The van der Waals surface area contributed by atoms with Crippen molar-refractivity contribution in [3.8, 4) is 0 Å². The van der Waals surface area contributed by atoms with Crippen LogP contribution < -0.4 is 60.2 Å². The van der Waals surface area contributed by atoms with E-state index in [1.165, 1.54) is 20.8 Å². The van der Waals surface area contributed by atoms with E-state index in [1.54, 1.807) is 30.3 Å². The molecule has 0 saturated heterocycles. The van der Waals surface area contributed by atoms with Crippen molar-refractivity contribution in [2.24, 2.45) is 33.8 Å². The van der Waals surface area contributed by atoms with Crippen molar-refractivity contribution < 1.29 is 73.2 Å². The largest absolute Gasteiger partial charge is 0.481 e. The first-order valence-corrected chi connectivity index (χ1v) is 21.3. The van der Waals surface area contributed by atoms with Crippen LogP contribution in [-0.4, -0.2) is 159 Å². The molecular formula is C41H64N12O15. The van der Waals surface area contributed by atoms with Gasteiger partial charge >= 0.3 is 11.9 Å². The second kappa shape index (κ2) is 30.1. The number of aliphatic carboxylic acids is 2. The lowest BCUT2D eigenvalue weighted by atomic mass is 10.00. The highest BCUT2D eigenvalue weighted by atomic mass is 16.4. The predicted molar refractivity (Wildman–Crippen MR) is 239 cm³/mol. The third kappa shape index (κ3) is 22.3. The number of nitrogens with one attached hydrogen (secondary N) is 7. The van der Waals surface area contributed by atoms with Gasteiger partial charge in [-0.3, -0.25) is 52.9 Å². The molecule has 0 heterocycles. The third-order valence-corrected chi connectivity index (χ3v) is 9.82. The molecule has 9 atom stereocenters. The van der Waals surface area contributed by atoms with Crippen molar-refractivity contribution in [1.82, 2.24) is 37.2 Å². The van der Waals surface area contributed by atoms with Crippen molar-refractivity contribution in [1.29, 1.82) is 0 Å². The van der Waals surface area contributed by atoms with Crippen molar-refractivity contribution in [3.63, 3.8) is 0 Å². The number of carbonyl (C=O) groups excluding carboxylic acids is 9. The number of amides is 8. The molecule has 27 heteroatoms. The van der Waals surface area contributed by atoms with Gasteiger partial charge in [0.1, 0.15) is 42.5 Å². The average molecular weight is 965 g/mol. The number of aldehydes is 1. The Balaban J connectivity index is 3.54. The Morgan fingerprint density at radius 1 is 0.632 bits per heavy atom. The van der Waals surface area contributed by atoms with Crippen LogP contribution in [0.2, 0.25) is 0 Å². The summed E-state index contributed by atoms with van der Waals surface area (Å²) >= 11 is 0. The van der Waals surface area contributed by atoms with Crippen molar-refractivity contribution in [2.45, 2.75) is 127 Å². The number of rotatable bonds is 32.